The van der Waals surface area contributed by atoms with Crippen molar-refractivity contribution in [1.29, 1.82) is 0 Å². The molecule has 25 heavy (non-hydrogen) atoms. The summed E-state index contributed by atoms with van der Waals surface area (Å²) in [6, 6.07) is 3.24. The minimum atomic E-state index is -0.965. The highest BCUT2D eigenvalue weighted by atomic mass is 16.5. The van der Waals surface area contributed by atoms with Crippen molar-refractivity contribution in [2.75, 3.05) is 20.8 Å². The van der Waals surface area contributed by atoms with Gasteiger partial charge >= 0.3 is 5.97 Å². The first-order chi connectivity index (χ1) is 12.1. The van der Waals surface area contributed by atoms with Crippen molar-refractivity contribution in [2.45, 2.75) is 31.5 Å². The summed E-state index contributed by atoms with van der Waals surface area (Å²) < 4.78 is 15.8. The van der Waals surface area contributed by atoms with Gasteiger partial charge in [-0.1, -0.05) is 24.0 Å². The van der Waals surface area contributed by atoms with Gasteiger partial charge in [0.05, 0.1) is 33.0 Å². The van der Waals surface area contributed by atoms with Gasteiger partial charge in [0, 0.05) is 18.1 Å². The van der Waals surface area contributed by atoms with Crippen molar-refractivity contribution in [3.05, 3.63) is 35.4 Å². The van der Waals surface area contributed by atoms with Crippen LogP contribution in [0.2, 0.25) is 0 Å². The molecule has 2 rings (SSSR count). The molecule has 134 valence electrons. The zero-order valence-electron chi connectivity index (χ0n) is 14.3. The van der Waals surface area contributed by atoms with Gasteiger partial charge in [-0.05, 0) is 18.9 Å². The van der Waals surface area contributed by atoms with Gasteiger partial charge in [-0.2, -0.15) is 0 Å². The lowest BCUT2D eigenvalue weighted by Crippen LogP contribution is -2.23. The number of carbonyl (C=O) groups excluding carboxylic acids is 1. The topological polar surface area (TPSA) is 85.2 Å². The monoisotopic (exact) mass is 346 g/mol. The van der Waals surface area contributed by atoms with E-state index in [0.717, 1.165) is 0 Å². The van der Waals surface area contributed by atoms with Crippen LogP contribution in [0.5, 0.6) is 11.5 Å². The quantitative estimate of drug-likeness (QED) is 0.481. The van der Waals surface area contributed by atoms with Crippen LogP contribution in [0.15, 0.2) is 24.3 Å². The van der Waals surface area contributed by atoms with Crippen LogP contribution in [0.3, 0.4) is 0 Å². The zero-order chi connectivity index (χ0) is 18.2. The maximum atomic E-state index is 12.4. The van der Waals surface area contributed by atoms with Crippen LogP contribution < -0.4 is 9.47 Å². The number of fused-ring (bicyclic) bond motifs is 1. The lowest BCUT2D eigenvalue weighted by atomic mass is 10.0. The summed E-state index contributed by atoms with van der Waals surface area (Å²) in [5.41, 5.74) is 0.682. The number of methoxy groups -OCH3 is 2. The van der Waals surface area contributed by atoms with Crippen LogP contribution in [0, 0.1) is 11.8 Å². The van der Waals surface area contributed by atoms with E-state index >= 15 is 0 Å². The van der Waals surface area contributed by atoms with Gasteiger partial charge in [-0.3, -0.25) is 0 Å². The van der Waals surface area contributed by atoms with Crippen LogP contribution in [0.4, 0.5) is 0 Å². The molecule has 1 aliphatic heterocycles. The van der Waals surface area contributed by atoms with Crippen LogP contribution in [-0.4, -0.2) is 49.2 Å². The van der Waals surface area contributed by atoms with E-state index in [1.165, 1.54) is 20.3 Å². The molecule has 0 unspecified atom stereocenters. The SMILES string of the molecule is COc1cc2c(c(OC)c1)C(=O)OCC/C=C/[C@@H](O)[C@@H](O)CCC#C2. The van der Waals surface area contributed by atoms with Crippen molar-refractivity contribution in [1.82, 2.24) is 0 Å². The molecule has 0 aliphatic carbocycles. The van der Waals surface area contributed by atoms with Crippen LogP contribution in [-0.2, 0) is 4.74 Å². The van der Waals surface area contributed by atoms with E-state index in [2.05, 4.69) is 11.8 Å². The third kappa shape index (κ3) is 4.99. The second kappa shape index (κ2) is 9.11. The van der Waals surface area contributed by atoms with Crippen molar-refractivity contribution in [3.8, 4) is 23.3 Å². The van der Waals surface area contributed by atoms with Crippen molar-refractivity contribution in [2.24, 2.45) is 0 Å². The Morgan fingerprint density at radius 3 is 2.76 bits per heavy atom. The average Bonchev–Trinajstić information content (AvgIpc) is 2.62. The molecule has 0 fully saturated rings. The molecule has 0 bridgehead atoms. The van der Waals surface area contributed by atoms with E-state index in [1.54, 1.807) is 18.2 Å². The summed E-state index contributed by atoms with van der Waals surface area (Å²) in [5.74, 6) is 6.12. The third-order valence-electron chi connectivity index (χ3n) is 3.77. The number of hydrogen-bond donors (Lipinski definition) is 2. The van der Waals surface area contributed by atoms with E-state index in [0.29, 0.717) is 36.3 Å². The second-order valence-electron chi connectivity index (χ2n) is 5.50. The molecule has 1 aromatic carbocycles. The van der Waals surface area contributed by atoms with Crippen LogP contribution in [0.1, 0.15) is 35.2 Å². The number of aliphatic hydroxyl groups excluding tert-OH is 2. The maximum absolute atomic E-state index is 12.4. The molecule has 0 radical (unpaired) electrons. The molecule has 6 nitrogen and oxygen atoms in total. The summed E-state index contributed by atoms with van der Waals surface area (Å²) in [5, 5.41) is 19.7. The van der Waals surface area contributed by atoms with Gasteiger partial charge in [-0.25, -0.2) is 4.79 Å². The molecule has 0 amide bonds. The molecular weight excluding hydrogens is 324 g/mol. The number of aliphatic hydroxyl groups is 2. The fraction of sp³-hybridized carbons (Fsp3) is 0.421. The van der Waals surface area contributed by atoms with E-state index in [-0.39, 0.29) is 12.2 Å². The summed E-state index contributed by atoms with van der Waals surface area (Å²) >= 11 is 0. The number of benzene rings is 1. The first-order valence-corrected chi connectivity index (χ1v) is 8.01. The largest absolute Gasteiger partial charge is 0.497 e. The van der Waals surface area contributed by atoms with Gasteiger partial charge in [0.25, 0.3) is 0 Å². The van der Waals surface area contributed by atoms with Gasteiger partial charge < -0.3 is 24.4 Å². The third-order valence-corrected chi connectivity index (χ3v) is 3.77. The number of rotatable bonds is 2. The van der Waals surface area contributed by atoms with Crippen LogP contribution in [0.25, 0.3) is 0 Å². The van der Waals surface area contributed by atoms with E-state index in [9.17, 15) is 15.0 Å². The summed E-state index contributed by atoms with van der Waals surface area (Å²) in [4.78, 5) is 12.4. The van der Waals surface area contributed by atoms with Crippen LogP contribution >= 0.6 is 0 Å². The van der Waals surface area contributed by atoms with Crippen molar-refractivity contribution in [3.63, 3.8) is 0 Å². The average molecular weight is 346 g/mol. The molecule has 0 saturated carbocycles. The number of esters is 1. The smallest absolute Gasteiger partial charge is 0.343 e. The molecule has 0 spiro atoms. The molecule has 6 heteroatoms. The van der Waals surface area contributed by atoms with Crippen molar-refractivity contribution < 1.29 is 29.2 Å². The second-order valence-corrected chi connectivity index (χ2v) is 5.50. The molecule has 0 saturated heterocycles. The lowest BCUT2D eigenvalue weighted by molar-refractivity contribution is 0.0436. The normalized spacial score (nSPS) is 22.5. The predicted molar refractivity (Wildman–Crippen MR) is 91.7 cm³/mol. The molecule has 0 aromatic heterocycles. The highest BCUT2D eigenvalue weighted by Gasteiger charge is 2.20. The van der Waals surface area contributed by atoms with Gasteiger partial charge in [0.1, 0.15) is 17.1 Å². The molecule has 2 N–H and O–H groups in total. The molecule has 1 heterocycles. The Balaban J connectivity index is 2.41. The minimum absolute atomic E-state index is 0.139. The fourth-order valence-corrected chi connectivity index (χ4v) is 2.38. The maximum Gasteiger partial charge on any atom is 0.343 e. The van der Waals surface area contributed by atoms with Gasteiger partial charge in [0.2, 0.25) is 0 Å². The number of cyclic esters (lactones) is 1. The Morgan fingerprint density at radius 1 is 1.24 bits per heavy atom. The van der Waals surface area contributed by atoms with Crippen molar-refractivity contribution >= 4 is 5.97 Å². The highest BCUT2D eigenvalue weighted by Crippen LogP contribution is 2.29. The van der Waals surface area contributed by atoms with E-state index in [1.807, 2.05) is 0 Å². The van der Waals surface area contributed by atoms with Gasteiger partial charge in [-0.15, -0.1) is 0 Å². The predicted octanol–water partition coefficient (Wildman–Crippen LogP) is 1.67. The number of ether oxygens (including phenoxy) is 3. The lowest BCUT2D eigenvalue weighted by Gasteiger charge is -2.14. The fourth-order valence-electron chi connectivity index (χ4n) is 2.38. The Labute approximate surface area is 147 Å². The highest BCUT2D eigenvalue weighted by molar-refractivity contribution is 5.96. The molecular formula is C19H22O6. The zero-order valence-corrected chi connectivity index (χ0v) is 14.3. The summed E-state index contributed by atoms with van der Waals surface area (Å²) in [6.45, 7) is 0.139. The first-order valence-electron chi connectivity index (χ1n) is 8.01. The number of carbonyl (C=O) groups is 1. The van der Waals surface area contributed by atoms with Gasteiger partial charge in [0.15, 0.2) is 0 Å². The number of hydrogen-bond acceptors (Lipinski definition) is 6. The first kappa shape index (κ1) is 18.8. The molecule has 2 atom stereocenters. The Kier molecular flexibility index (Phi) is 6.87. The molecule has 1 aromatic rings. The Bertz CT molecular complexity index is 698. The standard InChI is InChI=1S/C19H22O6/c1-23-14-11-13-7-3-4-8-15(20)16(21)9-5-6-10-25-19(22)18(13)17(12-14)24-2/h5,9,11-12,15-16,20-21H,4,6,8,10H2,1-2H3/b9-5+/t15-,16+/m0/s1. The summed E-state index contributed by atoms with van der Waals surface area (Å²) in [7, 11) is 2.97. The molecule has 1 aliphatic rings. The Hall–Kier alpha value is -2.49. The Morgan fingerprint density at radius 2 is 2.04 bits per heavy atom. The van der Waals surface area contributed by atoms with E-state index in [4.69, 9.17) is 14.2 Å². The van der Waals surface area contributed by atoms with E-state index < -0.39 is 18.2 Å². The minimum Gasteiger partial charge on any atom is -0.497 e. The summed E-state index contributed by atoms with van der Waals surface area (Å²) in [6.07, 6.45) is 2.42.